The highest BCUT2D eigenvalue weighted by Crippen LogP contribution is 2.33. The third-order valence-corrected chi connectivity index (χ3v) is 7.97. The second-order valence-electron chi connectivity index (χ2n) is 9.17. The molecule has 6 nitrogen and oxygen atoms in total. The largest absolute Gasteiger partial charge is 0.485 e. The Labute approximate surface area is 213 Å². The van der Waals surface area contributed by atoms with Crippen LogP contribution in [0.2, 0.25) is 0 Å². The monoisotopic (exact) mass is 513 g/mol. The molecule has 1 saturated heterocycles. The van der Waals surface area contributed by atoms with Crippen LogP contribution in [0.25, 0.3) is 0 Å². The highest BCUT2D eigenvalue weighted by atomic mass is 32.2. The number of likely N-dealkylation sites (tertiary alicyclic amines) is 1. The topological polar surface area (TPSA) is 70.7 Å². The molecule has 0 bridgehead atoms. The molecule has 35 heavy (non-hydrogen) atoms. The summed E-state index contributed by atoms with van der Waals surface area (Å²) in [4.78, 5) is 3.74. The van der Waals surface area contributed by atoms with Crippen LogP contribution in [-0.4, -0.2) is 46.3 Å². The van der Waals surface area contributed by atoms with E-state index < -0.39 is 10.0 Å². The van der Waals surface area contributed by atoms with Gasteiger partial charge in [0.25, 0.3) is 0 Å². The maximum Gasteiger partial charge on any atom is 0.229 e. The summed E-state index contributed by atoms with van der Waals surface area (Å²) < 4.78 is 32.3. The van der Waals surface area contributed by atoms with Crippen LogP contribution in [-0.2, 0) is 16.6 Å². The van der Waals surface area contributed by atoms with E-state index in [1.54, 1.807) is 17.4 Å². The van der Waals surface area contributed by atoms with Gasteiger partial charge in [-0.2, -0.15) is 0 Å². The van der Waals surface area contributed by atoms with Crippen molar-refractivity contribution in [3.63, 3.8) is 0 Å². The lowest BCUT2D eigenvalue weighted by atomic mass is 9.89. The molecule has 0 saturated carbocycles. The molecule has 3 aromatic rings. The van der Waals surface area contributed by atoms with Gasteiger partial charge in [0.05, 0.1) is 6.26 Å². The van der Waals surface area contributed by atoms with Gasteiger partial charge in [-0.3, -0.25) is 9.62 Å². The molecule has 1 aromatic heterocycles. The Bertz CT molecular complexity index is 1170. The molecule has 188 valence electrons. The first-order valence-electron chi connectivity index (χ1n) is 12.1. The fourth-order valence-corrected chi connectivity index (χ4v) is 5.99. The smallest absolute Gasteiger partial charge is 0.229 e. The number of rotatable bonds is 11. The predicted octanol–water partition coefficient (Wildman–Crippen LogP) is 5.23. The predicted molar refractivity (Wildman–Crippen MR) is 145 cm³/mol. The SMILES string of the molecule is CNCCC(Oc1ccccc1CN1CCC(c2cccc(NS(C)(=O)=O)c2)CC1)c1cccs1. The summed E-state index contributed by atoms with van der Waals surface area (Å²) in [7, 11) is -1.30. The first-order valence-corrected chi connectivity index (χ1v) is 14.9. The molecule has 1 aliphatic rings. The Morgan fingerprint density at radius 2 is 1.89 bits per heavy atom. The number of piperidine rings is 1. The fourth-order valence-electron chi connectivity index (χ4n) is 4.65. The maximum absolute atomic E-state index is 11.6. The molecule has 2 N–H and O–H groups in total. The number of anilines is 1. The second-order valence-corrected chi connectivity index (χ2v) is 11.9. The van der Waals surface area contributed by atoms with Crippen LogP contribution < -0.4 is 14.8 Å². The third kappa shape index (κ3) is 7.54. The summed E-state index contributed by atoms with van der Waals surface area (Å²) in [5, 5.41) is 5.35. The number of benzene rings is 2. The zero-order valence-electron chi connectivity index (χ0n) is 20.4. The fraction of sp³-hybridized carbons (Fsp3) is 0.407. The summed E-state index contributed by atoms with van der Waals surface area (Å²) >= 11 is 1.74. The van der Waals surface area contributed by atoms with Crippen molar-refractivity contribution in [2.45, 2.75) is 37.8 Å². The number of hydrogen-bond donors (Lipinski definition) is 2. The Morgan fingerprint density at radius 1 is 1.09 bits per heavy atom. The second kappa shape index (κ2) is 12.0. The van der Waals surface area contributed by atoms with E-state index in [-0.39, 0.29) is 6.10 Å². The molecule has 1 atom stereocenters. The van der Waals surface area contributed by atoms with E-state index in [2.05, 4.69) is 56.7 Å². The van der Waals surface area contributed by atoms with E-state index in [9.17, 15) is 8.42 Å². The molecule has 0 aliphatic carbocycles. The average molecular weight is 514 g/mol. The van der Waals surface area contributed by atoms with E-state index in [4.69, 9.17) is 4.74 Å². The first-order chi connectivity index (χ1) is 16.9. The van der Waals surface area contributed by atoms with Crippen LogP contribution in [0.4, 0.5) is 5.69 Å². The summed E-state index contributed by atoms with van der Waals surface area (Å²) in [6.07, 6.45) is 4.24. The van der Waals surface area contributed by atoms with E-state index in [0.717, 1.165) is 51.2 Å². The normalized spacial score (nSPS) is 16.2. The van der Waals surface area contributed by atoms with Crippen molar-refractivity contribution in [3.8, 4) is 5.75 Å². The van der Waals surface area contributed by atoms with Crippen LogP contribution in [0.15, 0.2) is 66.0 Å². The van der Waals surface area contributed by atoms with Gasteiger partial charge in [0.2, 0.25) is 10.0 Å². The zero-order chi connectivity index (χ0) is 24.7. The van der Waals surface area contributed by atoms with Crippen LogP contribution in [0, 0.1) is 0 Å². The van der Waals surface area contributed by atoms with Crippen LogP contribution >= 0.6 is 11.3 Å². The highest BCUT2D eigenvalue weighted by Gasteiger charge is 2.23. The molecule has 0 amide bonds. The van der Waals surface area contributed by atoms with Crippen LogP contribution in [0.5, 0.6) is 5.75 Å². The molecule has 4 rings (SSSR count). The van der Waals surface area contributed by atoms with Gasteiger partial charge in [0.15, 0.2) is 0 Å². The van der Waals surface area contributed by atoms with Crippen LogP contribution in [0.3, 0.4) is 0 Å². The summed E-state index contributed by atoms with van der Waals surface area (Å²) in [5.41, 5.74) is 3.05. The lowest BCUT2D eigenvalue weighted by molar-refractivity contribution is 0.181. The minimum absolute atomic E-state index is 0.0437. The molecule has 0 spiro atoms. The van der Waals surface area contributed by atoms with Gasteiger partial charge < -0.3 is 10.1 Å². The van der Waals surface area contributed by atoms with Crippen molar-refractivity contribution < 1.29 is 13.2 Å². The van der Waals surface area contributed by atoms with Gasteiger partial charge >= 0.3 is 0 Å². The standard InChI is InChI=1S/C27H35N3O3S2/c1-28-15-12-26(27-11-6-18-34-27)33-25-10-4-3-7-23(25)20-30-16-13-21(14-17-30)22-8-5-9-24(19-22)29-35(2,31)32/h3-11,18-19,21,26,28-29H,12-17,20H2,1-2H3. The lowest BCUT2D eigenvalue weighted by Crippen LogP contribution is -2.32. The van der Waals surface area contributed by atoms with Gasteiger partial charge in [-0.15, -0.1) is 11.3 Å². The van der Waals surface area contributed by atoms with Crippen molar-refractivity contribution >= 4 is 27.0 Å². The number of ether oxygens (including phenoxy) is 1. The number of para-hydroxylation sites is 1. The van der Waals surface area contributed by atoms with Gasteiger partial charge in [0.1, 0.15) is 11.9 Å². The first kappa shape index (κ1) is 25.7. The molecule has 2 heterocycles. The number of hydrogen-bond acceptors (Lipinski definition) is 6. The zero-order valence-corrected chi connectivity index (χ0v) is 22.1. The molecule has 2 aromatic carbocycles. The van der Waals surface area contributed by atoms with Gasteiger partial charge in [0, 0.05) is 29.1 Å². The van der Waals surface area contributed by atoms with Crippen molar-refractivity contribution in [2.75, 3.05) is 37.7 Å². The van der Waals surface area contributed by atoms with E-state index in [0.29, 0.717) is 11.6 Å². The summed E-state index contributed by atoms with van der Waals surface area (Å²) in [6, 6.07) is 20.4. The number of nitrogens with one attached hydrogen (secondary N) is 2. The van der Waals surface area contributed by atoms with Crippen molar-refractivity contribution in [2.24, 2.45) is 0 Å². The quantitative estimate of drug-likeness (QED) is 0.367. The Hall–Kier alpha value is -2.39. The average Bonchev–Trinajstić information content (AvgIpc) is 3.37. The Balaban J connectivity index is 1.38. The van der Waals surface area contributed by atoms with Crippen molar-refractivity contribution in [1.82, 2.24) is 10.2 Å². The van der Waals surface area contributed by atoms with Crippen molar-refractivity contribution in [1.29, 1.82) is 0 Å². The van der Waals surface area contributed by atoms with Crippen LogP contribution in [0.1, 0.15) is 47.3 Å². The molecule has 8 heteroatoms. The van der Waals surface area contributed by atoms with Gasteiger partial charge in [-0.1, -0.05) is 36.4 Å². The lowest BCUT2D eigenvalue weighted by Gasteiger charge is -2.33. The molecule has 0 radical (unpaired) electrons. The number of nitrogens with zero attached hydrogens (tertiary/aromatic N) is 1. The minimum Gasteiger partial charge on any atom is -0.485 e. The molecular formula is C27H35N3O3S2. The van der Waals surface area contributed by atoms with Crippen molar-refractivity contribution in [3.05, 3.63) is 82.0 Å². The van der Waals surface area contributed by atoms with Gasteiger partial charge in [-0.05, 0) is 80.7 Å². The minimum atomic E-state index is -3.27. The molecule has 1 aliphatic heterocycles. The number of thiophene rings is 1. The third-order valence-electron chi connectivity index (χ3n) is 6.40. The maximum atomic E-state index is 11.6. The van der Waals surface area contributed by atoms with Gasteiger partial charge in [-0.25, -0.2) is 8.42 Å². The van der Waals surface area contributed by atoms with E-state index in [1.807, 2.05) is 25.2 Å². The highest BCUT2D eigenvalue weighted by molar-refractivity contribution is 7.92. The number of sulfonamides is 1. The summed E-state index contributed by atoms with van der Waals surface area (Å²) in [5.74, 6) is 1.40. The molecule has 1 unspecified atom stereocenters. The molecular weight excluding hydrogens is 478 g/mol. The Kier molecular flexibility index (Phi) is 8.83. The Morgan fingerprint density at radius 3 is 2.60 bits per heavy atom. The summed E-state index contributed by atoms with van der Waals surface area (Å²) in [6.45, 7) is 3.76. The van der Waals surface area contributed by atoms with E-state index >= 15 is 0 Å². The molecule has 1 fully saturated rings. The van der Waals surface area contributed by atoms with E-state index in [1.165, 1.54) is 22.3 Å².